The third-order valence-corrected chi connectivity index (χ3v) is 4.86. The normalized spacial score (nSPS) is 20.1. The number of carbonyl (C=O) groups is 3. The first-order valence-electron chi connectivity index (χ1n) is 10.9. The minimum Gasteiger partial charge on any atom is -0.461 e. The standard InChI is InChI=1S/C25H33NO7/c1-6-15-30-21(27)17-20-22(23(28)31-16-7-2)19(14-13-18-11-9-8-10-12-18)26(33-20)24(29)32-25(3,4)5/h6-12,19-20,22H,1-2,13-17H2,3-5H3/t19-,20+,22-/m1/s1. The van der Waals surface area contributed by atoms with Gasteiger partial charge >= 0.3 is 18.0 Å². The van der Waals surface area contributed by atoms with Crippen molar-refractivity contribution in [1.82, 2.24) is 5.06 Å². The van der Waals surface area contributed by atoms with Crippen molar-refractivity contribution >= 4 is 18.0 Å². The van der Waals surface area contributed by atoms with Gasteiger partial charge in [-0.05, 0) is 39.2 Å². The monoisotopic (exact) mass is 459 g/mol. The van der Waals surface area contributed by atoms with Crippen molar-refractivity contribution < 1.29 is 33.4 Å². The Bertz CT molecular complexity index is 831. The van der Waals surface area contributed by atoms with Crippen LogP contribution < -0.4 is 0 Å². The molecule has 180 valence electrons. The Hall–Kier alpha value is -3.13. The summed E-state index contributed by atoms with van der Waals surface area (Å²) in [6.45, 7) is 12.3. The van der Waals surface area contributed by atoms with E-state index in [9.17, 15) is 14.4 Å². The van der Waals surface area contributed by atoms with Crippen LogP contribution in [0.1, 0.15) is 39.2 Å². The minimum absolute atomic E-state index is 0.000800. The van der Waals surface area contributed by atoms with E-state index >= 15 is 0 Å². The van der Waals surface area contributed by atoms with Crippen molar-refractivity contribution in [2.24, 2.45) is 5.92 Å². The maximum atomic E-state index is 13.0. The molecule has 0 saturated carbocycles. The quantitative estimate of drug-likeness (QED) is 0.297. The van der Waals surface area contributed by atoms with Crippen molar-refractivity contribution in [3.8, 4) is 0 Å². The molecule has 1 heterocycles. The number of aryl methyl sites for hydroxylation is 1. The molecule has 8 nitrogen and oxygen atoms in total. The molecule has 1 fully saturated rings. The number of hydrogen-bond acceptors (Lipinski definition) is 7. The van der Waals surface area contributed by atoms with Gasteiger partial charge in [0.05, 0.1) is 12.5 Å². The van der Waals surface area contributed by atoms with E-state index in [2.05, 4.69) is 13.2 Å². The maximum Gasteiger partial charge on any atom is 0.434 e. The molecule has 1 saturated heterocycles. The molecule has 0 N–H and O–H groups in total. The molecule has 1 aliphatic heterocycles. The maximum absolute atomic E-state index is 13.0. The van der Waals surface area contributed by atoms with Gasteiger partial charge < -0.3 is 14.2 Å². The predicted molar refractivity (Wildman–Crippen MR) is 122 cm³/mol. The highest BCUT2D eigenvalue weighted by Crippen LogP contribution is 2.35. The summed E-state index contributed by atoms with van der Waals surface area (Å²) in [7, 11) is 0. The zero-order valence-corrected chi connectivity index (χ0v) is 19.5. The van der Waals surface area contributed by atoms with Gasteiger partial charge in [0.25, 0.3) is 0 Å². The van der Waals surface area contributed by atoms with E-state index in [1.807, 2.05) is 30.3 Å². The Morgan fingerprint density at radius 1 is 1.06 bits per heavy atom. The van der Waals surface area contributed by atoms with E-state index < -0.39 is 41.7 Å². The smallest absolute Gasteiger partial charge is 0.434 e. The van der Waals surface area contributed by atoms with Gasteiger partial charge in [-0.2, -0.15) is 5.06 Å². The zero-order chi connectivity index (χ0) is 24.4. The van der Waals surface area contributed by atoms with Crippen LogP contribution in [0.25, 0.3) is 0 Å². The molecule has 33 heavy (non-hydrogen) atoms. The molecule has 1 aliphatic rings. The fourth-order valence-corrected chi connectivity index (χ4v) is 3.51. The van der Waals surface area contributed by atoms with Crippen molar-refractivity contribution in [3.63, 3.8) is 0 Å². The Labute approximate surface area is 195 Å². The van der Waals surface area contributed by atoms with Gasteiger partial charge in [-0.15, -0.1) is 0 Å². The lowest BCUT2D eigenvalue weighted by molar-refractivity contribution is -0.166. The molecule has 1 aromatic rings. The van der Waals surface area contributed by atoms with Gasteiger partial charge in [-0.1, -0.05) is 55.6 Å². The van der Waals surface area contributed by atoms with E-state index in [1.54, 1.807) is 20.8 Å². The van der Waals surface area contributed by atoms with Gasteiger partial charge in [0, 0.05) is 0 Å². The first kappa shape index (κ1) is 26.1. The van der Waals surface area contributed by atoms with Crippen molar-refractivity contribution in [3.05, 3.63) is 61.2 Å². The van der Waals surface area contributed by atoms with Crippen LogP contribution in [0.5, 0.6) is 0 Å². The molecule has 0 aromatic heterocycles. The van der Waals surface area contributed by atoms with Crippen LogP contribution in [0.4, 0.5) is 4.79 Å². The van der Waals surface area contributed by atoms with Gasteiger partial charge in [-0.3, -0.25) is 14.4 Å². The van der Waals surface area contributed by atoms with Crippen LogP contribution in [-0.2, 0) is 35.1 Å². The van der Waals surface area contributed by atoms with Gasteiger partial charge in [0.1, 0.15) is 30.8 Å². The zero-order valence-electron chi connectivity index (χ0n) is 19.5. The summed E-state index contributed by atoms with van der Waals surface area (Å²) in [6, 6.07) is 8.97. The summed E-state index contributed by atoms with van der Waals surface area (Å²) >= 11 is 0. The van der Waals surface area contributed by atoms with Crippen molar-refractivity contribution in [1.29, 1.82) is 0 Å². The molecular weight excluding hydrogens is 426 g/mol. The number of hydrogen-bond donors (Lipinski definition) is 0. The van der Waals surface area contributed by atoms with Crippen molar-refractivity contribution in [2.75, 3.05) is 13.2 Å². The van der Waals surface area contributed by atoms with Crippen LogP contribution in [-0.4, -0.2) is 54.1 Å². The van der Waals surface area contributed by atoms with Crippen molar-refractivity contribution in [2.45, 2.75) is 57.8 Å². The highest BCUT2D eigenvalue weighted by atomic mass is 16.7. The fraction of sp³-hybridized carbons (Fsp3) is 0.480. The number of benzene rings is 1. The summed E-state index contributed by atoms with van der Waals surface area (Å²) in [6.07, 6.45) is 1.95. The number of carbonyl (C=O) groups excluding carboxylic acids is 3. The predicted octanol–water partition coefficient (Wildman–Crippen LogP) is 4.00. The fourth-order valence-electron chi connectivity index (χ4n) is 3.51. The molecule has 8 heteroatoms. The average Bonchev–Trinajstić information content (AvgIpc) is 3.12. The van der Waals surface area contributed by atoms with Gasteiger partial charge in [0.15, 0.2) is 0 Å². The summed E-state index contributed by atoms with van der Waals surface area (Å²) in [5.41, 5.74) is 0.262. The third-order valence-electron chi connectivity index (χ3n) is 4.86. The number of hydroxylamine groups is 2. The molecule has 0 spiro atoms. The number of nitrogens with zero attached hydrogens (tertiary/aromatic N) is 1. The lowest BCUT2D eigenvalue weighted by atomic mass is 9.89. The van der Waals surface area contributed by atoms with Crippen LogP contribution in [0.15, 0.2) is 55.6 Å². The largest absolute Gasteiger partial charge is 0.461 e. The molecule has 0 bridgehead atoms. The second-order valence-corrected chi connectivity index (χ2v) is 8.66. The number of esters is 2. The average molecular weight is 460 g/mol. The Morgan fingerprint density at radius 3 is 2.30 bits per heavy atom. The molecule has 0 unspecified atom stereocenters. The van der Waals surface area contributed by atoms with E-state index in [4.69, 9.17) is 19.0 Å². The number of rotatable bonds is 10. The van der Waals surface area contributed by atoms with Crippen LogP contribution in [0, 0.1) is 5.92 Å². The second kappa shape index (κ2) is 12.2. The summed E-state index contributed by atoms with van der Waals surface area (Å²) in [5.74, 6) is -2.06. The van der Waals surface area contributed by atoms with Crippen LogP contribution in [0.3, 0.4) is 0 Å². The summed E-state index contributed by atoms with van der Waals surface area (Å²) in [4.78, 5) is 44.1. The molecule has 1 amide bonds. The first-order chi connectivity index (χ1) is 15.7. The van der Waals surface area contributed by atoms with Crippen LogP contribution in [0.2, 0.25) is 0 Å². The van der Waals surface area contributed by atoms with Gasteiger partial charge in [0.2, 0.25) is 0 Å². The lowest BCUT2D eigenvalue weighted by Crippen LogP contribution is -2.43. The Morgan fingerprint density at radius 2 is 1.70 bits per heavy atom. The topological polar surface area (TPSA) is 91.4 Å². The SMILES string of the molecule is C=CCOC(=O)C[C@@H]1ON(C(=O)OC(C)(C)C)[C@H](CCc2ccccc2)[C@H]1C(=O)OCC=C. The Kier molecular flexibility index (Phi) is 9.66. The van der Waals surface area contributed by atoms with E-state index in [1.165, 1.54) is 12.2 Å². The van der Waals surface area contributed by atoms with E-state index in [0.717, 1.165) is 10.6 Å². The minimum atomic E-state index is -0.951. The summed E-state index contributed by atoms with van der Waals surface area (Å²) < 4.78 is 15.9. The van der Waals surface area contributed by atoms with E-state index in [-0.39, 0.29) is 19.6 Å². The highest BCUT2D eigenvalue weighted by molar-refractivity contribution is 5.78. The van der Waals surface area contributed by atoms with Gasteiger partial charge in [-0.25, -0.2) is 4.79 Å². The number of ether oxygens (including phenoxy) is 3. The molecule has 0 radical (unpaired) electrons. The molecular formula is C25H33NO7. The summed E-state index contributed by atoms with van der Waals surface area (Å²) in [5, 5.41) is 1.07. The van der Waals surface area contributed by atoms with E-state index in [0.29, 0.717) is 12.8 Å². The van der Waals surface area contributed by atoms with Crippen LogP contribution >= 0.6 is 0 Å². The molecule has 0 aliphatic carbocycles. The second-order valence-electron chi connectivity index (χ2n) is 8.66. The number of amides is 1. The third kappa shape index (κ3) is 8.05. The highest BCUT2D eigenvalue weighted by Gasteiger charge is 2.52. The Balaban J connectivity index is 2.32. The molecule has 1 aromatic carbocycles. The lowest BCUT2D eigenvalue weighted by Gasteiger charge is -2.28. The first-order valence-corrected chi connectivity index (χ1v) is 10.9. The molecule has 2 rings (SSSR count). The molecule has 3 atom stereocenters.